The van der Waals surface area contributed by atoms with Crippen LogP contribution in [0.15, 0.2) is 67.4 Å². The van der Waals surface area contributed by atoms with E-state index >= 15 is 0 Å². The van der Waals surface area contributed by atoms with Crippen molar-refractivity contribution in [3.63, 3.8) is 0 Å². The van der Waals surface area contributed by atoms with Crippen molar-refractivity contribution >= 4 is 23.3 Å². The number of allylic oxidation sites excluding steroid dienone is 1. The van der Waals surface area contributed by atoms with Crippen molar-refractivity contribution in [2.24, 2.45) is 0 Å². The SMILES string of the molecule is C=C(C)c1ccc(-c2ccc(NCCOCCOc3ccc(C(=O)O)c(C(=O)O)c3)nc2)cc1. The summed E-state index contributed by atoms with van der Waals surface area (Å²) in [6, 6.07) is 15.9. The monoisotopic (exact) mass is 462 g/mol. The lowest BCUT2D eigenvalue weighted by Gasteiger charge is -2.10. The maximum absolute atomic E-state index is 11.2. The topological polar surface area (TPSA) is 118 Å². The third-order valence-corrected chi connectivity index (χ3v) is 4.98. The molecular formula is C26H26N2O6. The van der Waals surface area contributed by atoms with Gasteiger partial charge in [-0.25, -0.2) is 14.6 Å². The molecule has 0 amide bonds. The second kappa shape index (κ2) is 11.6. The van der Waals surface area contributed by atoms with E-state index in [1.54, 1.807) is 0 Å². The van der Waals surface area contributed by atoms with E-state index in [0.717, 1.165) is 28.1 Å². The molecular weight excluding hydrogens is 436 g/mol. The lowest BCUT2D eigenvalue weighted by atomic mass is 10.0. The van der Waals surface area contributed by atoms with Crippen molar-refractivity contribution in [2.45, 2.75) is 6.92 Å². The number of rotatable bonds is 12. The second-order valence-corrected chi connectivity index (χ2v) is 7.50. The number of aromatic carboxylic acids is 2. The Bertz CT molecular complexity index is 1160. The van der Waals surface area contributed by atoms with E-state index in [0.29, 0.717) is 13.2 Å². The number of aromatic nitrogens is 1. The van der Waals surface area contributed by atoms with Crippen molar-refractivity contribution in [1.29, 1.82) is 0 Å². The van der Waals surface area contributed by atoms with Gasteiger partial charge in [0.1, 0.15) is 18.2 Å². The van der Waals surface area contributed by atoms with E-state index in [9.17, 15) is 9.59 Å². The number of benzene rings is 2. The Morgan fingerprint density at radius 1 is 0.912 bits per heavy atom. The highest BCUT2D eigenvalue weighted by atomic mass is 16.5. The largest absolute Gasteiger partial charge is 0.491 e. The number of hydrogen-bond donors (Lipinski definition) is 3. The summed E-state index contributed by atoms with van der Waals surface area (Å²) in [6.45, 7) is 7.39. The van der Waals surface area contributed by atoms with Gasteiger partial charge in [-0.1, -0.05) is 36.4 Å². The highest BCUT2D eigenvalue weighted by molar-refractivity contribution is 6.02. The molecule has 0 aliphatic rings. The smallest absolute Gasteiger partial charge is 0.336 e. The molecule has 0 saturated carbocycles. The van der Waals surface area contributed by atoms with Gasteiger partial charge in [0.2, 0.25) is 0 Å². The first-order chi connectivity index (χ1) is 16.3. The van der Waals surface area contributed by atoms with Crippen LogP contribution in [0.3, 0.4) is 0 Å². The first-order valence-electron chi connectivity index (χ1n) is 10.6. The minimum absolute atomic E-state index is 0.197. The van der Waals surface area contributed by atoms with Crippen LogP contribution in [0.2, 0.25) is 0 Å². The van der Waals surface area contributed by atoms with Crippen molar-refractivity contribution in [1.82, 2.24) is 4.98 Å². The summed E-state index contributed by atoms with van der Waals surface area (Å²) >= 11 is 0. The molecule has 0 unspecified atom stereocenters. The first kappa shape index (κ1) is 24.5. The molecule has 3 rings (SSSR count). The number of carboxylic acids is 2. The minimum atomic E-state index is -1.33. The van der Waals surface area contributed by atoms with Gasteiger partial charge in [0, 0.05) is 18.3 Å². The summed E-state index contributed by atoms with van der Waals surface area (Å²) in [5, 5.41) is 21.4. The molecule has 3 N–H and O–H groups in total. The van der Waals surface area contributed by atoms with Crippen LogP contribution in [0.4, 0.5) is 5.82 Å². The molecule has 0 atom stereocenters. The molecule has 8 heteroatoms. The zero-order chi connectivity index (χ0) is 24.5. The Balaban J connectivity index is 1.37. The fraction of sp³-hybridized carbons (Fsp3) is 0.192. The Morgan fingerprint density at radius 3 is 2.24 bits per heavy atom. The number of nitrogens with zero attached hydrogens (tertiary/aromatic N) is 1. The molecule has 0 radical (unpaired) electrons. The molecule has 3 aromatic rings. The van der Waals surface area contributed by atoms with Crippen LogP contribution in [0, 0.1) is 0 Å². The van der Waals surface area contributed by atoms with Gasteiger partial charge in [0.15, 0.2) is 0 Å². The van der Waals surface area contributed by atoms with E-state index in [1.807, 2.05) is 49.5 Å². The van der Waals surface area contributed by atoms with Gasteiger partial charge >= 0.3 is 11.9 Å². The third-order valence-electron chi connectivity index (χ3n) is 4.98. The van der Waals surface area contributed by atoms with Crippen molar-refractivity contribution in [3.05, 3.63) is 84.1 Å². The van der Waals surface area contributed by atoms with Gasteiger partial charge in [-0.15, -0.1) is 0 Å². The molecule has 0 aliphatic carbocycles. The Hall–Kier alpha value is -4.17. The summed E-state index contributed by atoms with van der Waals surface area (Å²) in [4.78, 5) is 26.7. The Labute approximate surface area is 197 Å². The predicted molar refractivity (Wildman–Crippen MR) is 130 cm³/mol. The molecule has 8 nitrogen and oxygen atoms in total. The van der Waals surface area contributed by atoms with Crippen molar-refractivity contribution < 1.29 is 29.3 Å². The van der Waals surface area contributed by atoms with Crippen LogP contribution < -0.4 is 10.1 Å². The van der Waals surface area contributed by atoms with Gasteiger partial charge in [0.05, 0.1) is 24.3 Å². The van der Waals surface area contributed by atoms with Crippen LogP contribution in [-0.4, -0.2) is 53.5 Å². The summed E-state index contributed by atoms with van der Waals surface area (Å²) in [7, 11) is 0. The first-order valence-corrected chi connectivity index (χ1v) is 10.6. The van der Waals surface area contributed by atoms with Crippen LogP contribution in [0.25, 0.3) is 16.7 Å². The average molecular weight is 463 g/mol. The number of ether oxygens (including phenoxy) is 2. The van der Waals surface area contributed by atoms with Crippen LogP contribution in [0.5, 0.6) is 5.75 Å². The van der Waals surface area contributed by atoms with E-state index in [-0.39, 0.29) is 30.1 Å². The van der Waals surface area contributed by atoms with Gasteiger partial charge in [0.25, 0.3) is 0 Å². The lowest BCUT2D eigenvalue weighted by molar-refractivity contribution is 0.0650. The molecule has 34 heavy (non-hydrogen) atoms. The van der Waals surface area contributed by atoms with Crippen molar-refractivity contribution in [3.8, 4) is 16.9 Å². The van der Waals surface area contributed by atoms with Gasteiger partial charge in [-0.2, -0.15) is 0 Å². The number of carboxylic acid groups (broad SMARTS) is 2. The number of nitrogens with one attached hydrogen (secondary N) is 1. The predicted octanol–water partition coefficient (Wildman–Crippen LogP) is 4.69. The molecule has 176 valence electrons. The maximum Gasteiger partial charge on any atom is 0.336 e. The zero-order valence-electron chi connectivity index (χ0n) is 18.8. The quantitative estimate of drug-likeness (QED) is 0.332. The minimum Gasteiger partial charge on any atom is -0.491 e. The van der Waals surface area contributed by atoms with Crippen molar-refractivity contribution in [2.75, 3.05) is 31.7 Å². The van der Waals surface area contributed by atoms with Crippen LogP contribution >= 0.6 is 0 Å². The summed E-state index contributed by atoms with van der Waals surface area (Å²) < 4.78 is 11.0. The third kappa shape index (κ3) is 6.66. The molecule has 0 saturated heterocycles. The molecule has 0 fully saturated rings. The van der Waals surface area contributed by atoms with Crippen LogP contribution in [-0.2, 0) is 4.74 Å². The van der Waals surface area contributed by atoms with Gasteiger partial charge in [-0.3, -0.25) is 0 Å². The van der Waals surface area contributed by atoms with E-state index < -0.39 is 11.9 Å². The lowest BCUT2D eigenvalue weighted by Crippen LogP contribution is -2.14. The highest BCUT2D eigenvalue weighted by Crippen LogP contribution is 2.22. The fourth-order valence-electron chi connectivity index (χ4n) is 3.16. The van der Waals surface area contributed by atoms with E-state index in [1.165, 1.54) is 18.2 Å². The van der Waals surface area contributed by atoms with Gasteiger partial charge in [-0.05, 0) is 48.4 Å². The molecule has 2 aromatic carbocycles. The van der Waals surface area contributed by atoms with Crippen LogP contribution in [0.1, 0.15) is 33.2 Å². The number of anilines is 1. The molecule has 1 heterocycles. The summed E-state index contributed by atoms with van der Waals surface area (Å²) in [6.07, 6.45) is 1.81. The Kier molecular flexibility index (Phi) is 8.37. The zero-order valence-corrected chi connectivity index (χ0v) is 18.8. The van der Waals surface area contributed by atoms with E-state index in [2.05, 4.69) is 16.9 Å². The Morgan fingerprint density at radius 2 is 1.62 bits per heavy atom. The molecule has 0 bridgehead atoms. The summed E-state index contributed by atoms with van der Waals surface area (Å²) in [5.74, 6) is -1.63. The number of hydrogen-bond acceptors (Lipinski definition) is 6. The molecule has 1 aromatic heterocycles. The number of pyridine rings is 1. The maximum atomic E-state index is 11.2. The van der Waals surface area contributed by atoms with E-state index in [4.69, 9.17) is 19.7 Å². The van der Waals surface area contributed by atoms with Gasteiger partial charge < -0.3 is 25.0 Å². The fourth-order valence-corrected chi connectivity index (χ4v) is 3.16. The second-order valence-electron chi connectivity index (χ2n) is 7.50. The summed E-state index contributed by atoms with van der Waals surface area (Å²) in [5.41, 5.74) is 3.64. The standard InChI is InChI=1S/C26H26N2O6/c1-17(2)18-3-5-19(6-4-18)20-7-10-24(28-16-20)27-11-12-33-13-14-34-21-8-9-22(25(29)30)23(15-21)26(31)32/h3-10,15-16H,1,11-14H2,2H3,(H,27,28)(H,29,30)(H,31,32). The highest BCUT2D eigenvalue weighted by Gasteiger charge is 2.16. The molecule has 0 aliphatic heterocycles. The normalized spacial score (nSPS) is 10.5. The molecule has 0 spiro atoms. The number of carbonyl (C=O) groups is 2. The average Bonchev–Trinajstić information content (AvgIpc) is 2.83.